The maximum Gasteiger partial charge on any atom is 0.220 e. The molecule has 0 aromatic carbocycles. The molecule has 5 nitrogen and oxygen atoms in total. The summed E-state index contributed by atoms with van der Waals surface area (Å²) in [6.45, 7) is 4.14. The fourth-order valence-electron chi connectivity index (χ4n) is 5.74. The van der Waals surface area contributed by atoms with Crippen LogP contribution in [0.3, 0.4) is 0 Å². The van der Waals surface area contributed by atoms with Gasteiger partial charge in [-0.25, -0.2) is 0 Å². The summed E-state index contributed by atoms with van der Waals surface area (Å²) in [6.07, 6.45) is 39.9. The van der Waals surface area contributed by atoms with Crippen LogP contribution in [0.15, 0.2) is 24.3 Å². The van der Waals surface area contributed by atoms with Gasteiger partial charge in [0.1, 0.15) is 6.10 Å². The van der Waals surface area contributed by atoms with Crippen LogP contribution >= 0.6 is 0 Å². The van der Waals surface area contributed by atoms with E-state index in [-0.39, 0.29) is 12.5 Å². The lowest BCUT2D eigenvalue weighted by Gasteiger charge is -2.26. The molecule has 0 saturated carbocycles. The molecule has 1 amide bonds. The summed E-state index contributed by atoms with van der Waals surface area (Å²) >= 11 is 0. The molecule has 0 radical (unpaired) electrons. The Bertz CT molecular complexity index is 650. The number of aliphatic hydroxyl groups is 3. The Balaban J connectivity index is 3.74. The second kappa shape index (κ2) is 34.7. The summed E-state index contributed by atoms with van der Waals surface area (Å²) in [4.78, 5) is 12.3. The van der Waals surface area contributed by atoms with Crippen molar-refractivity contribution in [3.63, 3.8) is 0 Å². The fraction of sp³-hybridized carbons (Fsp3) is 0.872. The monoisotopic (exact) mass is 622 g/mol. The molecular weight excluding hydrogens is 546 g/mol. The van der Waals surface area contributed by atoms with Gasteiger partial charge in [-0.05, 0) is 64.2 Å². The highest BCUT2D eigenvalue weighted by molar-refractivity contribution is 5.76. The molecule has 0 aromatic rings. The third-order valence-corrected chi connectivity index (χ3v) is 8.78. The van der Waals surface area contributed by atoms with Gasteiger partial charge in [-0.2, -0.15) is 0 Å². The van der Waals surface area contributed by atoms with Crippen molar-refractivity contribution in [1.29, 1.82) is 0 Å². The molecule has 0 rings (SSSR count). The fourth-order valence-corrected chi connectivity index (χ4v) is 5.74. The predicted octanol–water partition coefficient (Wildman–Crippen LogP) is 10.3. The zero-order valence-electron chi connectivity index (χ0n) is 29.3. The molecule has 0 heterocycles. The molecule has 5 heteroatoms. The summed E-state index contributed by atoms with van der Waals surface area (Å²) in [5.41, 5.74) is 0. The molecule has 3 atom stereocenters. The minimum atomic E-state index is -1.16. The van der Waals surface area contributed by atoms with Gasteiger partial charge in [-0.1, -0.05) is 147 Å². The zero-order chi connectivity index (χ0) is 32.4. The van der Waals surface area contributed by atoms with Crippen LogP contribution in [0, 0.1) is 0 Å². The minimum Gasteiger partial charge on any atom is -0.394 e. The number of aliphatic hydroxyl groups excluding tert-OH is 3. The first-order chi connectivity index (χ1) is 21.6. The van der Waals surface area contributed by atoms with E-state index in [9.17, 15) is 20.1 Å². The lowest BCUT2D eigenvalue weighted by Crippen LogP contribution is -2.50. The highest BCUT2D eigenvalue weighted by Crippen LogP contribution is 2.14. The maximum atomic E-state index is 12.3. The van der Waals surface area contributed by atoms with E-state index in [0.29, 0.717) is 12.8 Å². The lowest BCUT2D eigenvalue weighted by atomic mass is 10.0. The van der Waals surface area contributed by atoms with E-state index in [1.807, 2.05) is 0 Å². The van der Waals surface area contributed by atoms with Gasteiger partial charge in [-0.3, -0.25) is 4.79 Å². The zero-order valence-corrected chi connectivity index (χ0v) is 29.3. The SMILES string of the molecule is CCCCCCCC/C=C\CCCCCC(=O)NC(CO)C(O)C(O)CCC/C=C/CCCCCCCCCCCCCC. The molecule has 4 N–H and O–H groups in total. The molecule has 0 aromatic heterocycles. The van der Waals surface area contributed by atoms with E-state index in [1.54, 1.807) is 0 Å². The number of carbonyl (C=O) groups excluding carboxylic acids is 1. The third kappa shape index (κ3) is 29.5. The number of amides is 1. The highest BCUT2D eigenvalue weighted by atomic mass is 16.3. The van der Waals surface area contributed by atoms with Gasteiger partial charge in [-0.15, -0.1) is 0 Å². The van der Waals surface area contributed by atoms with Crippen LogP contribution in [0.1, 0.15) is 194 Å². The summed E-state index contributed by atoms with van der Waals surface area (Å²) in [6, 6.07) is -0.830. The first kappa shape index (κ1) is 42.8. The van der Waals surface area contributed by atoms with Crippen molar-refractivity contribution < 1.29 is 20.1 Å². The van der Waals surface area contributed by atoms with Gasteiger partial charge in [0.2, 0.25) is 5.91 Å². The Hall–Kier alpha value is -1.17. The second-order valence-corrected chi connectivity index (χ2v) is 13.1. The number of allylic oxidation sites excluding steroid dienone is 4. The quantitative estimate of drug-likeness (QED) is 0.0425. The van der Waals surface area contributed by atoms with Crippen LogP contribution in [0.5, 0.6) is 0 Å². The van der Waals surface area contributed by atoms with Crippen molar-refractivity contribution in [2.75, 3.05) is 6.61 Å². The van der Waals surface area contributed by atoms with E-state index in [4.69, 9.17) is 0 Å². The van der Waals surface area contributed by atoms with Gasteiger partial charge >= 0.3 is 0 Å². The number of carbonyl (C=O) groups is 1. The van der Waals surface area contributed by atoms with Crippen molar-refractivity contribution in [1.82, 2.24) is 5.32 Å². The standard InChI is InChI=1S/C39H75NO4/c1-3-5-7-9-11-13-15-17-18-19-20-22-23-25-27-29-31-33-37(42)39(44)36(35-41)40-38(43)34-32-30-28-26-24-21-16-14-12-10-8-6-4-2/h21,24-25,27,36-37,39,41-42,44H,3-20,22-23,26,28-35H2,1-2H3,(H,40,43)/b24-21-,27-25+. The molecule has 44 heavy (non-hydrogen) atoms. The molecule has 0 bridgehead atoms. The molecule has 0 saturated heterocycles. The highest BCUT2D eigenvalue weighted by Gasteiger charge is 2.26. The van der Waals surface area contributed by atoms with Crippen molar-refractivity contribution in [2.45, 2.75) is 212 Å². The normalized spacial score (nSPS) is 14.0. The van der Waals surface area contributed by atoms with E-state index in [1.165, 1.54) is 122 Å². The van der Waals surface area contributed by atoms with Crippen LogP contribution in [0.2, 0.25) is 0 Å². The van der Waals surface area contributed by atoms with E-state index < -0.39 is 18.2 Å². The number of hydrogen-bond acceptors (Lipinski definition) is 4. The largest absolute Gasteiger partial charge is 0.394 e. The van der Waals surface area contributed by atoms with Gasteiger partial charge in [0.15, 0.2) is 0 Å². The van der Waals surface area contributed by atoms with E-state index in [0.717, 1.165) is 44.9 Å². The topological polar surface area (TPSA) is 89.8 Å². The maximum absolute atomic E-state index is 12.3. The van der Waals surface area contributed by atoms with Gasteiger partial charge in [0, 0.05) is 6.42 Å². The number of rotatable bonds is 34. The number of unbranched alkanes of at least 4 members (excludes halogenated alkanes) is 22. The van der Waals surface area contributed by atoms with E-state index in [2.05, 4.69) is 43.5 Å². The molecule has 3 unspecified atom stereocenters. The summed E-state index contributed by atoms with van der Waals surface area (Å²) < 4.78 is 0. The van der Waals surface area contributed by atoms with Crippen LogP contribution < -0.4 is 5.32 Å². The molecule has 0 aliphatic carbocycles. The van der Waals surface area contributed by atoms with E-state index >= 15 is 0 Å². The average Bonchev–Trinajstić information content (AvgIpc) is 3.03. The Morgan fingerprint density at radius 3 is 1.32 bits per heavy atom. The Labute approximate surface area is 273 Å². The van der Waals surface area contributed by atoms with Gasteiger partial charge < -0.3 is 20.6 Å². The van der Waals surface area contributed by atoms with Gasteiger partial charge in [0.25, 0.3) is 0 Å². The van der Waals surface area contributed by atoms with Crippen molar-refractivity contribution in [2.24, 2.45) is 0 Å². The Morgan fingerprint density at radius 1 is 0.545 bits per heavy atom. The predicted molar refractivity (Wildman–Crippen MR) is 190 cm³/mol. The Kier molecular flexibility index (Phi) is 33.8. The van der Waals surface area contributed by atoms with Crippen molar-refractivity contribution >= 4 is 5.91 Å². The second-order valence-electron chi connectivity index (χ2n) is 13.1. The summed E-state index contributed by atoms with van der Waals surface area (Å²) in [5.74, 6) is -0.172. The molecule has 0 aliphatic heterocycles. The number of nitrogens with one attached hydrogen (secondary N) is 1. The first-order valence-corrected chi connectivity index (χ1v) is 19.1. The average molecular weight is 622 g/mol. The van der Waals surface area contributed by atoms with Crippen LogP contribution in [0.4, 0.5) is 0 Å². The molecule has 260 valence electrons. The van der Waals surface area contributed by atoms with Crippen molar-refractivity contribution in [3.05, 3.63) is 24.3 Å². The van der Waals surface area contributed by atoms with Crippen LogP contribution in [-0.2, 0) is 4.79 Å². The molecule has 0 fully saturated rings. The smallest absolute Gasteiger partial charge is 0.220 e. The summed E-state index contributed by atoms with van der Waals surface area (Å²) in [7, 11) is 0. The molecular formula is C39H75NO4. The van der Waals surface area contributed by atoms with Crippen LogP contribution in [0.25, 0.3) is 0 Å². The molecule has 0 aliphatic rings. The van der Waals surface area contributed by atoms with Crippen molar-refractivity contribution in [3.8, 4) is 0 Å². The van der Waals surface area contributed by atoms with Crippen LogP contribution in [-0.4, -0.2) is 46.1 Å². The third-order valence-electron chi connectivity index (χ3n) is 8.78. The Morgan fingerprint density at radius 2 is 0.909 bits per heavy atom. The molecule has 0 spiro atoms. The minimum absolute atomic E-state index is 0.172. The lowest BCUT2D eigenvalue weighted by molar-refractivity contribution is -0.124. The summed E-state index contributed by atoms with van der Waals surface area (Å²) in [5, 5.41) is 33.3. The van der Waals surface area contributed by atoms with Gasteiger partial charge in [0.05, 0.1) is 18.8 Å². The number of hydrogen-bond donors (Lipinski definition) is 4. The first-order valence-electron chi connectivity index (χ1n) is 19.1.